The third-order valence-electron chi connectivity index (χ3n) is 5.34. The molecule has 2 N–H and O–H groups in total. The highest BCUT2D eigenvalue weighted by Crippen LogP contribution is 2.27. The number of esters is 1. The van der Waals surface area contributed by atoms with Gasteiger partial charge in [-0.1, -0.05) is 6.07 Å². The minimum Gasteiger partial charge on any atom is -0.481 e. The molecule has 0 spiro atoms. The van der Waals surface area contributed by atoms with E-state index >= 15 is 0 Å². The first-order chi connectivity index (χ1) is 15.7. The van der Waals surface area contributed by atoms with Gasteiger partial charge in [-0.15, -0.1) is 0 Å². The fourth-order valence-corrected chi connectivity index (χ4v) is 3.91. The number of carbonyl (C=O) groups excluding carboxylic acids is 2. The summed E-state index contributed by atoms with van der Waals surface area (Å²) in [6, 6.07) is 4.39. The summed E-state index contributed by atoms with van der Waals surface area (Å²) in [7, 11) is 0. The number of ether oxygens (including phenoxy) is 2. The molecule has 1 aromatic heterocycles. The Balaban J connectivity index is 2.22. The first-order valence-electron chi connectivity index (χ1n) is 11.9. The third kappa shape index (κ3) is 9.67. The lowest BCUT2D eigenvalue weighted by Gasteiger charge is -2.34. The maximum Gasteiger partial charge on any atom is 0.416 e. The monoisotopic (exact) mass is 477 g/mol. The molecule has 1 atom stereocenters. The minimum atomic E-state index is -0.810. The first kappa shape index (κ1) is 27.6. The molecule has 9 nitrogen and oxygen atoms in total. The number of nitrogens with zero attached hydrogens (tertiary/aromatic N) is 2. The summed E-state index contributed by atoms with van der Waals surface area (Å²) in [6.45, 7) is 10.7. The second kappa shape index (κ2) is 11.6. The first-order valence-corrected chi connectivity index (χ1v) is 11.9. The van der Waals surface area contributed by atoms with Crippen molar-refractivity contribution in [1.29, 1.82) is 0 Å². The predicted molar refractivity (Wildman–Crippen MR) is 129 cm³/mol. The van der Waals surface area contributed by atoms with E-state index in [1.165, 1.54) is 4.90 Å². The SMILES string of the molecule is CC(C)(C)OC(=O)C(CN(C(=O)OC(C)(C)C)c1ccccn1)NC1CCC(CC(=O)O)CC1. The van der Waals surface area contributed by atoms with Crippen molar-refractivity contribution in [2.24, 2.45) is 5.92 Å². The van der Waals surface area contributed by atoms with E-state index in [0.29, 0.717) is 5.82 Å². The Hall–Kier alpha value is -2.68. The van der Waals surface area contributed by atoms with Crippen molar-refractivity contribution in [2.75, 3.05) is 11.4 Å². The molecule has 1 heterocycles. The minimum absolute atomic E-state index is 0.00628. The average molecular weight is 478 g/mol. The van der Waals surface area contributed by atoms with Gasteiger partial charge in [0.15, 0.2) is 0 Å². The van der Waals surface area contributed by atoms with E-state index < -0.39 is 35.3 Å². The van der Waals surface area contributed by atoms with Crippen molar-refractivity contribution in [1.82, 2.24) is 10.3 Å². The molecule has 0 aliphatic heterocycles. The van der Waals surface area contributed by atoms with Crippen LogP contribution in [0.5, 0.6) is 0 Å². The van der Waals surface area contributed by atoms with E-state index in [1.807, 2.05) is 0 Å². The molecule has 1 fully saturated rings. The lowest BCUT2D eigenvalue weighted by molar-refractivity contribution is -0.157. The Morgan fingerprint density at radius 2 is 1.68 bits per heavy atom. The van der Waals surface area contributed by atoms with E-state index in [9.17, 15) is 14.4 Å². The quantitative estimate of drug-likeness (QED) is 0.536. The van der Waals surface area contributed by atoms with Gasteiger partial charge in [0, 0.05) is 18.7 Å². The van der Waals surface area contributed by atoms with Crippen LogP contribution < -0.4 is 10.2 Å². The van der Waals surface area contributed by atoms with Crippen LogP contribution in [0.1, 0.15) is 73.6 Å². The summed E-state index contributed by atoms with van der Waals surface area (Å²) in [5, 5.41) is 12.4. The van der Waals surface area contributed by atoms with E-state index in [0.717, 1.165) is 25.7 Å². The summed E-state index contributed by atoms with van der Waals surface area (Å²) >= 11 is 0. The van der Waals surface area contributed by atoms with Crippen LogP contribution in [-0.4, -0.2) is 58.0 Å². The van der Waals surface area contributed by atoms with E-state index in [4.69, 9.17) is 14.6 Å². The number of anilines is 1. The molecule has 1 unspecified atom stereocenters. The highest BCUT2D eigenvalue weighted by Gasteiger charge is 2.34. The Morgan fingerprint density at radius 3 is 2.18 bits per heavy atom. The fraction of sp³-hybridized carbons (Fsp3) is 0.680. The second-order valence-corrected chi connectivity index (χ2v) is 10.8. The van der Waals surface area contributed by atoms with Gasteiger partial charge in [0.2, 0.25) is 0 Å². The number of carbonyl (C=O) groups is 3. The topological polar surface area (TPSA) is 118 Å². The van der Waals surface area contributed by atoms with E-state index in [1.54, 1.807) is 65.9 Å². The summed E-state index contributed by atoms with van der Waals surface area (Å²) in [4.78, 5) is 42.9. The van der Waals surface area contributed by atoms with Crippen molar-refractivity contribution in [3.05, 3.63) is 24.4 Å². The van der Waals surface area contributed by atoms with Crippen molar-refractivity contribution >= 4 is 23.8 Å². The zero-order chi connectivity index (χ0) is 25.5. The lowest BCUT2D eigenvalue weighted by Crippen LogP contribution is -2.54. The molecule has 0 aromatic carbocycles. The van der Waals surface area contributed by atoms with Crippen LogP contribution in [-0.2, 0) is 19.1 Å². The predicted octanol–water partition coefficient (Wildman–Crippen LogP) is 4.16. The Bertz CT molecular complexity index is 823. The van der Waals surface area contributed by atoms with Crippen LogP contribution in [0.25, 0.3) is 0 Å². The van der Waals surface area contributed by atoms with E-state index in [2.05, 4.69) is 10.3 Å². The zero-order valence-electron chi connectivity index (χ0n) is 21.2. The Morgan fingerprint density at radius 1 is 1.06 bits per heavy atom. The molecule has 0 bridgehead atoms. The van der Waals surface area contributed by atoms with Crippen molar-refractivity contribution in [3.63, 3.8) is 0 Å². The number of amides is 1. The highest BCUT2D eigenvalue weighted by atomic mass is 16.6. The van der Waals surface area contributed by atoms with Gasteiger partial charge in [-0.2, -0.15) is 0 Å². The van der Waals surface area contributed by atoms with Crippen molar-refractivity contribution < 1.29 is 29.0 Å². The van der Waals surface area contributed by atoms with Gasteiger partial charge in [-0.05, 0) is 85.3 Å². The van der Waals surface area contributed by atoms with Crippen molar-refractivity contribution in [2.45, 2.75) is 96.9 Å². The molecule has 1 aliphatic carbocycles. The van der Waals surface area contributed by atoms with Gasteiger partial charge in [0.05, 0.1) is 6.54 Å². The van der Waals surface area contributed by atoms with Crippen molar-refractivity contribution in [3.8, 4) is 0 Å². The summed E-state index contributed by atoms with van der Waals surface area (Å²) in [5.74, 6) is -0.740. The largest absolute Gasteiger partial charge is 0.481 e. The molecule has 0 saturated heterocycles. The number of pyridine rings is 1. The number of carboxylic acids is 1. The molecule has 1 amide bonds. The van der Waals surface area contributed by atoms with Crippen LogP contribution in [0.3, 0.4) is 0 Å². The second-order valence-electron chi connectivity index (χ2n) is 10.8. The number of carboxylic acid groups (broad SMARTS) is 1. The molecule has 2 rings (SSSR count). The molecule has 1 aliphatic rings. The van der Waals surface area contributed by atoms with Crippen LogP contribution in [0.15, 0.2) is 24.4 Å². The fourth-order valence-electron chi connectivity index (χ4n) is 3.91. The highest BCUT2D eigenvalue weighted by molar-refractivity contribution is 5.88. The van der Waals surface area contributed by atoms with Gasteiger partial charge < -0.3 is 19.9 Å². The van der Waals surface area contributed by atoms with Crippen LogP contribution in [0.2, 0.25) is 0 Å². The van der Waals surface area contributed by atoms with Gasteiger partial charge in [-0.25, -0.2) is 9.78 Å². The average Bonchev–Trinajstić information content (AvgIpc) is 2.70. The van der Waals surface area contributed by atoms with Crippen LogP contribution in [0.4, 0.5) is 10.6 Å². The lowest BCUT2D eigenvalue weighted by atomic mass is 9.84. The molecule has 1 saturated carbocycles. The van der Waals surface area contributed by atoms with Gasteiger partial charge in [0.1, 0.15) is 23.1 Å². The summed E-state index contributed by atoms with van der Waals surface area (Å²) in [6.07, 6.45) is 4.15. The zero-order valence-corrected chi connectivity index (χ0v) is 21.2. The van der Waals surface area contributed by atoms with Crippen LogP contribution in [0, 0.1) is 5.92 Å². The number of hydrogen-bond acceptors (Lipinski definition) is 7. The van der Waals surface area contributed by atoms with Crippen LogP contribution >= 0.6 is 0 Å². The molecular weight excluding hydrogens is 438 g/mol. The molecule has 0 radical (unpaired) electrons. The normalized spacial score (nSPS) is 19.7. The van der Waals surface area contributed by atoms with Gasteiger partial charge in [-0.3, -0.25) is 14.5 Å². The number of aliphatic carboxylic acids is 1. The molecule has 34 heavy (non-hydrogen) atoms. The smallest absolute Gasteiger partial charge is 0.416 e. The standard InChI is InChI=1S/C25H39N3O6/c1-24(2,3)33-22(31)19(27-18-12-10-17(11-13-18)15-21(29)30)16-28(20-9-7-8-14-26-20)23(32)34-25(4,5)6/h7-9,14,17-19,27H,10-13,15-16H2,1-6H3,(H,29,30). The number of aromatic nitrogens is 1. The van der Waals surface area contributed by atoms with Gasteiger partial charge in [0.25, 0.3) is 0 Å². The van der Waals surface area contributed by atoms with Gasteiger partial charge >= 0.3 is 18.0 Å². The molecule has 1 aromatic rings. The summed E-state index contributed by atoms with van der Waals surface area (Å²) < 4.78 is 11.2. The third-order valence-corrected chi connectivity index (χ3v) is 5.34. The number of nitrogens with one attached hydrogen (secondary N) is 1. The molecule has 9 heteroatoms. The molecular formula is C25H39N3O6. The Kier molecular flexibility index (Phi) is 9.44. The van der Waals surface area contributed by atoms with E-state index in [-0.39, 0.29) is 24.9 Å². The maximum absolute atomic E-state index is 13.2. The number of rotatable bonds is 8. The summed E-state index contributed by atoms with van der Waals surface area (Å²) in [5.41, 5.74) is -1.42. The molecule has 190 valence electrons. The maximum atomic E-state index is 13.2. The Labute approximate surface area is 202 Å². The number of hydrogen-bond donors (Lipinski definition) is 2.